The highest BCUT2D eigenvalue weighted by atomic mass is 32.2. The molecule has 0 atom stereocenters. The van der Waals surface area contributed by atoms with Crippen LogP contribution in [-0.4, -0.2) is 32.2 Å². The molecule has 1 aromatic rings. The predicted molar refractivity (Wildman–Crippen MR) is 83.6 cm³/mol. The number of aryl methyl sites for hydroxylation is 1. The normalized spacial score (nSPS) is 12.1. The number of rotatable bonds is 7. The molecular formula is C14H23NO2S2. The van der Waals surface area contributed by atoms with Crippen molar-refractivity contribution in [1.29, 1.82) is 0 Å². The molecule has 0 aliphatic carbocycles. The summed E-state index contributed by atoms with van der Waals surface area (Å²) in [4.78, 5) is 1.17. The summed E-state index contributed by atoms with van der Waals surface area (Å²) in [6.07, 6.45) is 1.28. The van der Waals surface area contributed by atoms with Crippen LogP contribution in [0.1, 0.15) is 25.0 Å². The van der Waals surface area contributed by atoms with E-state index in [1.807, 2.05) is 0 Å². The van der Waals surface area contributed by atoms with Gasteiger partial charge in [-0.05, 0) is 18.6 Å². The van der Waals surface area contributed by atoms with Crippen molar-refractivity contribution < 1.29 is 8.42 Å². The van der Waals surface area contributed by atoms with Gasteiger partial charge >= 0.3 is 0 Å². The van der Waals surface area contributed by atoms with Crippen LogP contribution in [0.15, 0.2) is 23.1 Å². The third kappa shape index (κ3) is 6.99. The van der Waals surface area contributed by atoms with Gasteiger partial charge in [0.25, 0.3) is 0 Å². The Labute approximate surface area is 121 Å². The molecule has 3 nitrogen and oxygen atoms in total. The topological polar surface area (TPSA) is 46.2 Å². The summed E-state index contributed by atoms with van der Waals surface area (Å²) in [6.45, 7) is 7.13. The van der Waals surface area contributed by atoms with E-state index in [0.717, 1.165) is 6.54 Å². The van der Waals surface area contributed by atoms with Gasteiger partial charge in [0.05, 0.1) is 5.75 Å². The van der Waals surface area contributed by atoms with Gasteiger partial charge in [0.1, 0.15) is 9.84 Å². The zero-order valence-electron chi connectivity index (χ0n) is 12.1. The van der Waals surface area contributed by atoms with E-state index in [4.69, 9.17) is 0 Å². The maximum Gasteiger partial charge on any atom is 0.148 e. The minimum Gasteiger partial charge on any atom is -0.310 e. The minimum absolute atomic E-state index is 0.225. The van der Waals surface area contributed by atoms with Crippen molar-refractivity contribution in [3.8, 4) is 0 Å². The van der Waals surface area contributed by atoms with Crippen LogP contribution in [0.25, 0.3) is 0 Å². The fourth-order valence-corrected chi connectivity index (χ4v) is 3.85. The molecule has 0 saturated heterocycles. The van der Waals surface area contributed by atoms with Crippen LogP contribution in [0.2, 0.25) is 0 Å². The predicted octanol–water partition coefficient (Wildman–Crippen LogP) is 2.63. The molecule has 0 heterocycles. The molecule has 0 amide bonds. The summed E-state index contributed by atoms with van der Waals surface area (Å²) >= 11 is 1.62. The zero-order valence-corrected chi connectivity index (χ0v) is 13.7. The molecule has 108 valence electrons. The monoisotopic (exact) mass is 301 g/mol. The SMILES string of the molecule is Cc1ccc(SCCS(C)(=O)=O)c(CNC(C)C)c1. The Morgan fingerprint density at radius 3 is 2.58 bits per heavy atom. The lowest BCUT2D eigenvalue weighted by Gasteiger charge is -2.13. The number of benzene rings is 1. The molecule has 0 fully saturated rings. The molecule has 0 radical (unpaired) electrons. The molecule has 0 spiro atoms. The Morgan fingerprint density at radius 2 is 2.00 bits per heavy atom. The van der Waals surface area contributed by atoms with Crippen LogP contribution in [0.3, 0.4) is 0 Å². The molecule has 1 N–H and O–H groups in total. The highest BCUT2D eigenvalue weighted by Crippen LogP contribution is 2.24. The average molecular weight is 301 g/mol. The van der Waals surface area contributed by atoms with Crippen molar-refractivity contribution in [1.82, 2.24) is 5.32 Å². The van der Waals surface area contributed by atoms with E-state index >= 15 is 0 Å². The third-order valence-electron chi connectivity index (χ3n) is 2.63. The number of thioether (sulfide) groups is 1. The molecule has 5 heteroatoms. The van der Waals surface area contributed by atoms with E-state index in [-0.39, 0.29) is 5.75 Å². The summed E-state index contributed by atoms with van der Waals surface area (Å²) in [5, 5.41) is 3.40. The second kappa shape index (κ2) is 7.31. The molecular weight excluding hydrogens is 278 g/mol. The van der Waals surface area contributed by atoms with Crippen LogP contribution >= 0.6 is 11.8 Å². The number of sulfone groups is 1. The Balaban J connectivity index is 2.70. The molecule has 0 bridgehead atoms. The summed E-state index contributed by atoms with van der Waals surface area (Å²) < 4.78 is 22.3. The van der Waals surface area contributed by atoms with Gasteiger partial charge in [0.2, 0.25) is 0 Å². The van der Waals surface area contributed by atoms with E-state index in [0.29, 0.717) is 11.8 Å². The minimum atomic E-state index is -2.88. The first-order chi connectivity index (χ1) is 8.78. The first-order valence-electron chi connectivity index (χ1n) is 6.41. The van der Waals surface area contributed by atoms with E-state index in [1.165, 1.54) is 22.3 Å². The molecule has 1 rings (SSSR count). The molecule has 19 heavy (non-hydrogen) atoms. The highest BCUT2D eigenvalue weighted by Gasteiger charge is 2.07. The quantitative estimate of drug-likeness (QED) is 0.787. The van der Waals surface area contributed by atoms with Crippen molar-refractivity contribution in [3.05, 3.63) is 29.3 Å². The smallest absolute Gasteiger partial charge is 0.148 e. The van der Waals surface area contributed by atoms with Crippen LogP contribution in [0, 0.1) is 6.92 Å². The zero-order chi connectivity index (χ0) is 14.5. The van der Waals surface area contributed by atoms with Gasteiger partial charge in [-0.2, -0.15) is 0 Å². The molecule has 0 aliphatic heterocycles. The second-order valence-electron chi connectivity index (χ2n) is 5.13. The Bertz CT molecular complexity index is 510. The average Bonchev–Trinajstić information content (AvgIpc) is 2.27. The molecule has 0 unspecified atom stereocenters. The molecule has 0 aliphatic rings. The summed E-state index contributed by atoms with van der Waals surface area (Å²) in [5.41, 5.74) is 2.47. The lowest BCUT2D eigenvalue weighted by atomic mass is 10.1. The van der Waals surface area contributed by atoms with Gasteiger partial charge < -0.3 is 5.32 Å². The molecule has 1 aromatic carbocycles. The summed E-state index contributed by atoms with van der Waals surface area (Å²) in [6, 6.07) is 6.76. The lowest BCUT2D eigenvalue weighted by molar-refractivity contribution is 0.584. The first-order valence-corrected chi connectivity index (χ1v) is 9.46. The summed E-state index contributed by atoms with van der Waals surface area (Å²) in [5.74, 6) is 0.833. The molecule has 0 aromatic heterocycles. The molecule has 0 saturated carbocycles. The van der Waals surface area contributed by atoms with Gasteiger partial charge in [-0.3, -0.25) is 0 Å². The van der Waals surface area contributed by atoms with Gasteiger partial charge in [0.15, 0.2) is 0 Å². The van der Waals surface area contributed by atoms with E-state index < -0.39 is 9.84 Å². The number of nitrogens with one attached hydrogen (secondary N) is 1. The summed E-state index contributed by atoms with van der Waals surface area (Å²) in [7, 11) is -2.88. The van der Waals surface area contributed by atoms with Crippen LogP contribution in [0.4, 0.5) is 0 Å². The lowest BCUT2D eigenvalue weighted by Crippen LogP contribution is -2.22. The largest absolute Gasteiger partial charge is 0.310 e. The van der Waals surface area contributed by atoms with E-state index in [2.05, 4.69) is 44.3 Å². The van der Waals surface area contributed by atoms with Crippen LogP contribution in [-0.2, 0) is 16.4 Å². The van der Waals surface area contributed by atoms with E-state index in [1.54, 1.807) is 11.8 Å². The fourth-order valence-electron chi connectivity index (χ4n) is 1.60. The van der Waals surface area contributed by atoms with Gasteiger partial charge in [0, 0.05) is 29.5 Å². The van der Waals surface area contributed by atoms with Crippen molar-refractivity contribution in [3.63, 3.8) is 0 Å². The van der Waals surface area contributed by atoms with E-state index in [9.17, 15) is 8.42 Å². The Kier molecular flexibility index (Phi) is 6.36. The van der Waals surface area contributed by atoms with Crippen molar-refractivity contribution in [2.45, 2.75) is 38.3 Å². The van der Waals surface area contributed by atoms with Crippen LogP contribution in [0.5, 0.6) is 0 Å². The Hall–Kier alpha value is -0.520. The first kappa shape index (κ1) is 16.5. The van der Waals surface area contributed by atoms with Crippen molar-refractivity contribution in [2.24, 2.45) is 0 Å². The number of hydrogen-bond acceptors (Lipinski definition) is 4. The maximum atomic E-state index is 11.1. The van der Waals surface area contributed by atoms with Gasteiger partial charge in [-0.25, -0.2) is 8.42 Å². The van der Waals surface area contributed by atoms with Crippen molar-refractivity contribution >= 4 is 21.6 Å². The maximum absolute atomic E-state index is 11.1. The fraction of sp³-hybridized carbons (Fsp3) is 0.571. The van der Waals surface area contributed by atoms with Crippen molar-refractivity contribution in [2.75, 3.05) is 17.8 Å². The number of hydrogen-bond donors (Lipinski definition) is 1. The third-order valence-corrected chi connectivity index (χ3v) is 4.95. The standard InChI is InChI=1S/C14H23NO2S2/c1-11(2)15-10-13-9-12(3)5-6-14(13)18-7-8-19(4,16)17/h5-6,9,11,15H,7-8,10H2,1-4H3. The van der Waals surface area contributed by atoms with Crippen LogP contribution < -0.4 is 5.32 Å². The second-order valence-corrected chi connectivity index (χ2v) is 8.52. The Morgan fingerprint density at radius 1 is 1.32 bits per heavy atom. The van der Waals surface area contributed by atoms with Gasteiger partial charge in [-0.15, -0.1) is 11.8 Å². The van der Waals surface area contributed by atoms with Gasteiger partial charge in [-0.1, -0.05) is 31.5 Å². The highest BCUT2D eigenvalue weighted by molar-refractivity contribution is 8.00.